The van der Waals surface area contributed by atoms with Crippen LogP contribution in [0.2, 0.25) is 0 Å². The van der Waals surface area contributed by atoms with Gasteiger partial charge >= 0.3 is 0 Å². The Morgan fingerprint density at radius 3 is 2.84 bits per heavy atom. The quantitative estimate of drug-likeness (QED) is 0.881. The molecule has 3 rings (SSSR count). The third kappa shape index (κ3) is 2.47. The minimum Gasteiger partial charge on any atom is -0.382 e. The van der Waals surface area contributed by atoms with Crippen molar-refractivity contribution >= 4 is 33.7 Å². The van der Waals surface area contributed by atoms with E-state index in [1.165, 1.54) is 30.8 Å². The number of nitrogens with zero attached hydrogens (tertiary/aromatic N) is 2. The fraction of sp³-hybridized carbons (Fsp3) is 0.538. The first kappa shape index (κ1) is 12.9. The molecule has 1 aliphatic rings. The third-order valence-electron chi connectivity index (χ3n) is 3.88. The summed E-state index contributed by atoms with van der Waals surface area (Å²) in [6, 6.07) is 0. The molecule has 1 fully saturated rings. The summed E-state index contributed by atoms with van der Waals surface area (Å²) in [7, 11) is 0. The fourth-order valence-electron chi connectivity index (χ4n) is 2.20. The van der Waals surface area contributed by atoms with E-state index in [2.05, 4.69) is 21.6 Å². The molecule has 0 unspecified atom stereocenters. The molecule has 0 aliphatic heterocycles. The van der Waals surface area contributed by atoms with E-state index in [0.717, 1.165) is 27.8 Å². The van der Waals surface area contributed by atoms with Crippen LogP contribution in [0.25, 0.3) is 10.6 Å². The number of aryl methyl sites for hydroxylation is 1. The molecule has 6 heteroatoms. The number of nitrogens with one attached hydrogen (secondary N) is 1. The van der Waals surface area contributed by atoms with Gasteiger partial charge in [-0.3, -0.25) is 0 Å². The average Bonchev–Trinajstić information content (AvgIpc) is 2.93. The Morgan fingerprint density at radius 2 is 2.26 bits per heavy atom. The Bertz CT molecular complexity index is 583. The van der Waals surface area contributed by atoms with Crippen molar-refractivity contribution in [2.45, 2.75) is 33.1 Å². The highest BCUT2D eigenvalue weighted by molar-refractivity contribution is 7.15. The van der Waals surface area contributed by atoms with Crippen molar-refractivity contribution in [2.24, 2.45) is 5.41 Å². The van der Waals surface area contributed by atoms with Gasteiger partial charge < -0.3 is 11.1 Å². The van der Waals surface area contributed by atoms with E-state index in [1.807, 2.05) is 12.3 Å². The minimum atomic E-state index is 0.509. The Kier molecular flexibility index (Phi) is 3.22. The van der Waals surface area contributed by atoms with Gasteiger partial charge in [0.1, 0.15) is 15.8 Å². The van der Waals surface area contributed by atoms with E-state index >= 15 is 0 Å². The van der Waals surface area contributed by atoms with Crippen LogP contribution >= 0.6 is 22.9 Å². The summed E-state index contributed by atoms with van der Waals surface area (Å²) < 4.78 is 4.27. The van der Waals surface area contributed by atoms with E-state index < -0.39 is 0 Å². The van der Waals surface area contributed by atoms with Gasteiger partial charge in [-0.1, -0.05) is 6.92 Å². The van der Waals surface area contributed by atoms with Crippen LogP contribution < -0.4 is 11.1 Å². The molecule has 0 radical (unpaired) electrons. The van der Waals surface area contributed by atoms with Crippen LogP contribution in [0.5, 0.6) is 0 Å². The molecular formula is C13H18N4S2. The largest absolute Gasteiger partial charge is 0.382 e. The van der Waals surface area contributed by atoms with Crippen LogP contribution in [0.3, 0.4) is 0 Å². The first-order valence-electron chi connectivity index (χ1n) is 6.55. The van der Waals surface area contributed by atoms with Crippen molar-refractivity contribution < 1.29 is 0 Å². The smallest absolute Gasteiger partial charge is 0.149 e. The van der Waals surface area contributed by atoms with Crippen molar-refractivity contribution in [3.05, 3.63) is 11.1 Å². The van der Waals surface area contributed by atoms with Gasteiger partial charge in [0.2, 0.25) is 0 Å². The lowest BCUT2D eigenvalue weighted by Crippen LogP contribution is -2.14. The normalized spacial score (nSPS) is 16.5. The molecule has 0 amide bonds. The number of hydrogen-bond donors (Lipinski definition) is 2. The zero-order chi connectivity index (χ0) is 13.5. The lowest BCUT2D eigenvalue weighted by atomic mass is 10.0. The lowest BCUT2D eigenvalue weighted by Gasteiger charge is -2.13. The molecule has 0 atom stereocenters. The monoisotopic (exact) mass is 294 g/mol. The second kappa shape index (κ2) is 4.76. The van der Waals surface area contributed by atoms with Gasteiger partial charge in [0.15, 0.2) is 0 Å². The standard InChI is InChI=1S/C13H18N4S2/c1-3-13(4-5-13)7-15-11-9(10(14)17-19-11)12-16-8(2)6-18-12/h6,15H,3-5,7H2,1-2H3,(H2,14,17). The van der Waals surface area contributed by atoms with Crippen LogP contribution in [0.4, 0.5) is 10.8 Å². The molecule has 0 spiro atoms. The number of rotatable bonds is 5. The summed E-state index contributed by atoms with van der Waals surface area (Å²) in [6.45, 7) is 5.28. The summed E-state index contributed by atoms with van der Waals surface area (Å²) in [6.07, 6.45) is 3.90. The lowest BCUT2D eigenvalue weighted by molar-refractivity contribution is 0.522. The second-order valence-electron chi connectivity index (χ2n) is 5.27. The molecule has 19 heavy (non-hydrogen) atoms. The van der Waals surface area contributed by atoms with E-state index in [4.69, 9.17) is 5.73 Å². The maximum atomic E-state index is 6.00. The first-order valence-corrected chi connectivity index (χ1v) is 8.20. The Morgan fingerprint density at radius 1 is 1.47 bits per heavy atom. The number of nitrogens with two attached hydrogens (primary N) is 1. The summed E-state index contributed by atoms with van der Waals surface area (Å²) in [4.78, 5) is 4.52. The fourth-order valence-corrected chi connectivity index (χ4v) is 3.83. The number of nitrogen functional groups attached to an aromatic ring is 1. The van der Waals surface area contributed by atoms with E-state index in [-0.39, 0.29) is 0 Å². The summed E-state index contributed by atoms with van der Waals surface area (Å²) in [5.41, 5.74) is 8.52. The number of aromatic nitrogens is 2. The summed E-state index contributed by atoms with van der Waals surface area (Å²) in [5, 5.41) is 7.61. The molecule has 0 saturated heterocycles. The van der Waals surface area contributed by atoms with Crippen molar-refractivity contribution in [3.8, 4) is 10.6 Å². The second-order valence-corrected chi connectivity index (χ2v) is 6.90. The predicted molar refractivity (Wildman–Crippen MR) is 82.8 cm³/mol. The highest BCUT2D eigenvalue weighted by Crippen LogP contribution is 2.49. The maximum absolute atomic E-state index is 6.00. The zero-order valence-corrected chi connectivity index (χ0v) is 12.8. The molecule has 0 aromatic carbocycles. The Balaban J connectivity index is 1.82. The molecule has 4 nitrogen and oxygen atoms in total. The summed E-state index contributed by atoms with van der Waals surface area (Å²) in [5.74, 6) is 0.586. The highest BCUT2D eigenvalue weighted by atomic mass is 32.1. The van der Waals surface area contributed by atoms with Gasteiger partial charge in [0.05, 0.1) is 5.56 Å². The van der Waals surface area contributed by atoms with Gasteiger partial charge in [-0.2, -0.15) is 4.37 Å². The van der Waals surface area contributed by atoms with Crippen molar-refractivity contribution in [2.75, 3.05) is 17.6 Å². The molecule has 0 bridgehead atoms. The third-order valence-corrected chi connectivity index (χ3v) is 5.68. The topological polar surface area (TPSA) is 63.8 Å². The molecule has 2 aromatic heterocycles. The van der Waals surface area contributed by atoms with Crippen LogP contribution in [0.15, 0.2) is 5.38 Å². The zero-order valence-electron chi connectivity index (χ0n) is 11.2. The first-order chi connectivity index (χ1) is 9.13. The molecular weight excluding hydrogens is 276 g/mol. The maximum Gasteiger partial charge on any atom is 0.149 e. The Labute approximate surface area is 121 Å². The van der Waals surface area contributed by atoms with E-state index in [1.54, 1.807) is 11.3 Å². The Hall–Kier alpha value is -1.14. The van der Waals surface area contributed by atoms with E-state index in [0.29, 0.717) is 11.2 Å². The van der Waals surface area contributed by atoms with Crippen molar-refractivity contribution in [1.82, 2.24) is 9.36 Å². The van der Waals surface area contributed by atoms with Crippen molar-refractivity contribution in [3.63, 3.8) is 0 Å². The molecule has 2 heterocycles. The van der Waals surface area contributed by atoms with Gasteiger partial charge in [-0.15, -0.1) is 11.3 Å². The molecule has 1 aliphatic carbocycles. The van der Waals surface area contributed by atoms with Gasteiger partial charge in [-0.05, 0) is 43.1 Å². The molecule has 102 valence electrons. The van der Waals surface area contributed by atoms with E-state index in [9.17, 15) is 0 Å². The molecule has 1 saturated carbocycles. The van der Waals surface area contributed by atoms with Crippen LogP contribution in [-0.4, -0.2) is 15.9 Å². The van der Waals surface area contributed by atoms with Crippen molar-refractivity contribution in [1.29, 1.82) is 0 Å². The number of hydrogen-bond acceptors (Lipinski definition) is 6. The predicted octanol–water partition coefficient (Wildman–Crippen LogP) is 3.76. The number of thiazole rings is 1. The highest BCUT2D eigenvalue weighted by Gasteiger charge is 2.40. The SMILES string of the molecule is CCC1(CNc2snc(N)c2-c2nc(C)cs2)CC1. The molecule has 2 aromatic rings. The van der Waals surface area contributed by atoms with Gasteiger partial charge in [0.25, 0.3) is 0 Å². The van der Waals surface area contributed by atoms with Gasteiger partial charge in [-0.25, -0.2) is 4.98 Å². The molecule has 3 N–H and O–H groups in total. The number of anilines is 2. The van der Waals surface area contributed by atoms with Crippen LogP contribution in [-0.2, 0) is 0 Å². The summed E-state index contributed by atoms with van der Waals surface area (Å²) >= 11 is 3.07. The average molecular weight is 294 g/mol. The van der Waals surface area contributed by atoms with Crippen LogP contribution in [0.1, 0.15) is 31.9 Å². The van der Waals surface area contributed by atoms with Crippen LogP contribution in [0, 0.1) is 12.3 Å². The minimum absolute atomic E-state index is 0.509. The van der Waals surface area contributed by atoms with Gasteiger partial charge in [0, 0.05) is 17.6 Å².